The quantitative estimate of drug-likeness (QED) is 0.673. The molecule has 2 heterocycles. The molecule has 0 aliphatic carbocycles. The summed E-state index contributed by atoms with van der Waals surface area (Å²) >= 11 is 0. The summed E-state index contributed by atoms with van der Waals surface area (Å²) in [6.45, 7) is 7.79. The van der Waals surface area contributed by atoms with Gasteiger partial charge in [0, 0.05) is 25.5 Å². The van der Waals surface area contributed by atoms with Crippen molar-refractivity contribution in [3.8, 4) is 0 Å². The largest absolute Gasteiger partial charge is 0.382 e. The highest BCUT2D eigenvalue weighted by Gasteiger charge is 2.17. The number of hydrogen-bond donors (Lipinski definition) is 2. The number of nitrogens with one attached hydrogen (secondary N) is 1. The van der Waals surface area contributed by atoms with E-state index in [1.807, 2.05) is 28.8 Å². The number of likely N-dealkylation sites (N-methyl/N-ethyl adjacent to an activating group) is 1. The zero-order valence-corrected chi connectivity index (χ0v) is 15.0. The van der Waals surface area contributed by atoms with E-state index in [1.165, 1.54) is 12.4 Å². The van der Waals surface area contributed by atoms with E-state index < -0.39 is 5.91 Å². The molecule has 0 aliphatic rings. The van der Waals surface area contributed by atoms with Gasteiger partial charge < -0.3 is 15.2 Å². The summed E-state index contributed by atoms with van der Waals surface area (Å²) in [6, 6.07) is 7.81. The number of benzene rings is 1. The summed E-state index contributed by atoms with van der Waals surface area (Å²) in [5, 5.41) is 2.83. The van der Waals surface area contributed by atoms with Crippen molar-refractivity contribution < 1.29 is 4.79 Å². The van der Waals surface area contributed by atoms with Crippen LogP contribution in [0.2, 0.25) is 0 Å². The Morgan fingerprint density at radius 1 is 1.19 bits per heavy atom. The standard InChI is InChI=1S/C18H23N7O/c1-3-24(4-2)11-12-25-14-8-6-5-7-13(14)22-18(25)23-17(26)15-16(19)21-10-9-20-15/h5-10H,3-4,11-12H2,1-2H3,(H2,19,21)(H,22,23,26). The van der Waals surface area contributed by atoms with Crippen LogP contribution in [0.15, 0.2) is 36.7 Å². The zero-order chi connectivity index (χ0) is 18.5. The Balaban J connectivity index is 1.90. The molecule has 0 fully saturated rings. The third-order valence-electron chi connectivity index (χ3n) is 4.36. The number of nitrogens with two attached hydrogens (primary N) is 1. The molecule has 0 radical (unpaired) electrons. The second-order valence-electron chi connectivity index (χ2n) is 5.85. The fourth-order valence-corrected chi connectivity index (χ4v) is 2.86. The Kier molecular flexibility index (Phi) is 5.43. The molecule has 0 unspecified atom stereocenters. The number of hydrogen-bond acceptors (Lipinski definition) is 6. The van der Waals surface area contributed by atoms with Crippen molar-refractivity contribution in [1.82, 2.24) is 24.4 Å². The molecule has 1 aromatic carbocycles. The number of amides is 1. The first kappa shape index (κ1) is 17.8. The summed E-state index contributed by atoms with van der Waals surface area (Å²) in [6.07, 6.45) is 2.89. The fraction of sp³-hybridized carbons (Fsp3) is 0.333. The topological polar surface area (TPSA) is 102 Å². The van der Waals surface area contributed by atoms with Gasteiger partial charge >= 0.3 is 0 Å². The van der Waals surface area contributed by atoms with Crippen molar-refractivity contribution in [1.29, 1.82) is 0 Å². The molecule has 8 heteroatoms. The van der Waals surface area contributed by atoms with Crippen molar-refractivity contribution >= 4 is 28.7 Å². The lowest BCUT2D eigenvalue weighted by Gasteiger charge is -2.19. The third kappa shape index (κ3) is 3.65. The Morgan fingerprint density at radius 3 is 2.65 bits per heavy atom. The SMILES string of the molecule is CCN(CC)CCn1c(NC(=O)c2nccnc2N)nc2ccccc21. The van der Waals surface area contributed by atoms with E-state index >= 15 is 0 Å². The average Bonchev–Trinajstić information content (AvgIpc) is 3.00. The lowest BCUT2D eigenvalue weighted by Crippen LogP contribution is -2.28. The molecule has 2 aromatic heterocycles. The zero-order valence-electron chi connectivity index (χ0n) is 15.0. The summed E-state index contributed by atoms with van der Waals surface area (Å²) in [7, 11) is 0. The van der Waals surface area contributed by atoms with Crippen LogP contribution < -0.4 is 11.1 Å². The fourth-order valence-electron chi connectivity index (χ4n) is 2.86. The lowest BCUT2D eigenvalue weighted by atomic mass is 10.3. The van der Waals surface area contributed by atoms with Gasteiger partial charge in [0.1, 0.15) is 0 Å². The minimum Gasteiger partial charge on any atom is -0.382 e. The van der Waals surface area contributed by atoms with Crippen molar-refractivity contribution in [2.24, 2.45) is 0 Å². The maximum absolute atomic E-state index is 12.6. The van der Waals surface area contributed by atoms with Crippen molar-refractivity contribution in [3.05, 3.63) is 42.4 Å². The molecule has 0 saturated carbocycles. The molecule has 136 valence electrons. The normalized spacial score (nSPS) is 11.2. The van der Waals surface area contributed by atoms with Crippen LogP contribution in [-0.2, 0) is 6.54 Å². The van der Waals surface area contributed by atoms with Gasteiger partial charge in [0.25, 0.3) is 5.91 Å². The summed E-state index contributed by atoms with van der Waals surface area (Å²) in [5.74, 6) is 0.152. The molecular weight excluding hydrogens is 330 g/mol. The molecule has 0 spiro atoms. The highest BCUT2D eigenvalue weighted by Crippen LogP contribution is 2.20. The first-order valence-corrected chi connectivity index (χ1v) is 8.69. The van der Waals surface area contributed by atoms with E-state index in [0.29, 0.717) is 12.5 Å². The molecule has 0 bridgehead atoms. The Morgan fingerprint density at radius 2 is 1.92 bits per heavy atom. The van der Waals surface area contributed by atoms with Crippen molar-refractivity contribution in [3.63, 3.8) is 0 Å². The number of anilines is 2. The van der Waals surface area contributed by atoms with Gasteiger partial charge in [-0.3, -0.25) is 10.1 Å². The number of carbonyl (C=O) groups excluding carboxylic acids is 1. The van der Waals surface area contributed by atoms with Crippen LogP contribution in [0.5, 0.6) is 0 Å². The molecular formula is C18H23N7O. The predicted octanol–water partition coefficient (Wildman–Crippen LogP) is 2.00. The van der Waals surface area contributed by atoms with Crippen molar-refractivity contribution in [2.75, 3.05) is 30.7 Å². The number of rotatable bonds is 7. The molecule has 26 heavy (non-hydrogen) atoms. The molecule has 0 atom stereocenters. The molecule has 3 aromatic rings. The summed E-state index contributed by atoms with van der Waals surface area (Å²) in [4.78, 5) is 27.4. The number of nitrogens with zero attached hydrogens (tertiary/aromatic N) is 5. The van der Waals surface area contributed by atoms with Gasteiger partial charge in [0.2, 0.25) is 5.95 Å². The first-order valence-electron chi connectivity index (χ1n) is 8.69. The van der Waals surface area contributed by atoms with Gasteiger partial charge in [0.15, 0.2) is 11.5 Å². The average molecular weight is 353 g/mol. The summed E-state index contributed by atoms with van der Waals surface area (Å²) < 4.78 is 2.01. The van der Waals surface area contributed by atoms with Crippen LogP contribution in [0.25, 0.3) is 11.0 Å². The third-order valence-corrected chi connectivity index (χ3v) is 4.36. The lowest BCUT2D eigenvalue weighted by molar-refractivity contribution is 0.102. The van der Waals surface area contributed by atoms with E-state index in [1.54, 1.807) is 0 Å². The maximum Gasteiger partial charge on any atom is 0.280 e. The van der Waals surface area contributed by atoms with Crippen LogP contribution >= 0.6 is 0 Å². The van der Waals surface area contributed by atoms with Crippen LogP contribution in [0.1, 0.15) is 24.3 Å². The molecule has 0 aliphatic heterocycles. The van der Waals surface area contributed by atoms with E-state index in [4.69, 9.17) is 5.73 Å². The van der Waals surface area contributed by atoms with Gasteiger partial charge in [-0.2, -0.15) is 0 Å². The maximum atomic E-state index is 12.6. The van der Waals surface area contributed by atoms with Crippen molar-refractivity contribution in [2.45, 2.75) is 20.4 Å². The van der Waals surface area contributed by atoms with Crippen LogP contribution in [0, 0.1) is 0 Å². The van der Waals surface area contributed by atoms with Gasteiger partial charge in [-0.25, -0.2) is 15.0 Å². The number of carbonyl (C=O) groups is 1. The minimum atomic E-state index is -0.421. The van der Waals surface area contributed by atoms with E-state index in [0.717, 1.165) is 30.7 Å². The second-order valence-corrected chi connectivity index (χ2v) is 5.85. The second kappa shape index (κ2) is 7.92. The monoisotopic (exact) mass is 353 g/mol. The smallest absolute Gasteiger partial charge is 0.280 e. The number of imidazole rings is 1. The molecule has 1 amide bonds. The first-order chi connectivity index (χ1) is 12.6. The molecule has 0 saturated heterocycles. The number of para-hydroxylation sites is 2. The van der Waals surface area contributed by atoms with E-state index in [9.17, 15) is 4.79 Å². The van der Waals surface area contributed by atoms with Gasteiger partial charge in [-0.05, 0) is 25.2 Å². The number of nitrogen functional groups attached to an aromatic ring is 1. The van der Waals surface area contributed by atoms with Gasteiger partial charge in [-0.1, -0.05) is 26.0 Å². The number of aromatic nitrogens is 4. The summed E-state index contributed by atoms with van der Waals surface area (Å²) in [5.41, 5.74) is 7.65. The van der Waals surface area contributed by atoms with E-state index in [2.05, 4.69) is 39.0 Å². The molecule has 8 nitrogen and oxygen atoms in total. The molecule has 3 N–H and O–H groups in total. The Bertz CT molecular complexity index is 901. The van der Waals surface area contributed by atoms with Crippen LogP contribution in [0.4, 0.5) is 11.8 Å². The van der Waals surface area contributed by atoms with E-state index in [-0.39, 0.29) is 11.5 Å². The number of fused-ring (bicyclic) bond motifs is 1. The predicted molar refractivity (Wildman–Crippen MR) is 102 cm³/mol. The van der Waals surface area contributed by atoms with Crippen LogP contribution in [0.3, 0.4) is 0 Å². The van der Waals surface area contributed by atoms with Crippen LogP contribution in [-0.4, -0.2) is 50.0 Å². The highest BCUT2D eigenvalue weighted by molar-refractivity contribution is 6.05. The highest BCUT2D eigenvalue weighted by atomic mass is 16.2. The Labute approximate surface area is 152 Å². The molecule has 3 rings (SSSR count). The minimum absolute atomic E-state index is 0.0925. The van der Waals surface area contributed by atoms with Gasteiger partial charge in [-0.15, -0.1) is 0 Å². The van der Waals surface area contributed by atoms with Gasteiger partial charge in [0.05, 0.1) is 11.0 Å². The Hall–Kier alpha value is -3.00.